The summed E-state index contributed by atoms with van der Waals surface area (Å²) in [5.74, 6) is -0.263. The second-order valence-corrected chi connectivity index (χ2v) is 5.60. The van der Waals surface area contributed by atoms with Gasteiger partial charge in [0.25, 0.3) is 5.69 Å². The van der Waals surface area contributed by atoms with E-state index in [1.165, 1.54) is 6.07 Å². The third-order valence-electron chi connectivity index (χ3n) is 4.39. The number of ether oxygens (including phenoxy) is 1. The van der Waals surface area contributed by atoms with Gasteiger partial charge in [-0.2, -0.15) is 0 Å². The molecule has 6 nitrogen and oxygen atoms in total. The molecule has 2 rings (SSSR count). The van der Waals surface area contributed by atoms with Gasteiger partial charge >= 0.3 is 5.97 Å². The summed E-state index contributed by atoms with van der Waals surface area (Å²) < 4.78 is 5.27. The smallest absolute Gasteiger partial charge is 0.316 e. The fourth-order valence-corrected chi connectivity index (χ4v) is 3.23. The van der Waals surface area contributed by atoms with Crippen molar-refractivity contribution in [3.8, 4) is 0 Å². The van der Waals surface area contributed by atoms with Crippen molar-refractivity contribution in [1.82, 2.24) is 0 Å². The Morgan fingerprint density at radius 2 is 2.05 bits per heavy atom. The van der Waals surface area contributed by atoms with Crippen LogP contribution in [-0.2, 0) is 14.9 Å². The zero-order chi connectivity index (χ0) is 16.2. The molecule has 0 aromatic heterocycles. The van der Waals surface area contributed by atoms with E-state index in [0.717, 1.165) is 19.3 Å². The Bertz CT molecular complexity index is 565. The van der Waals surface area contributed by atoms with Crippen LogP contribution < -0.4 is 5.32 Å². The van der Waals surface area contributed by atoms with Crippen molar-refractivity contribution < 1.29 is 14.5 Å². The Labute approximate surface area is 130 Å². The molecule has 0 bridgehead atoms. The van der Waals surface area contributed by atoms with Gasteiger partial charge in [0.2, 0.25) is 0 Å². The third kappa shape index (κ3) is 2.91. The Balaban J connectivity index is 2.50. The van der Waals surface area contributed by atoms with Crippen molar-refractivity contribution >= 4 is 17.3 Å². The maximum Gasteiger partial charge on any atom is 0.316 e. The van der Waals surface area contributed by atoms with Crippen LogP contribution in [0.4, 0.5) is 11.4 Å². The van der Waals surface area contributed by atoms with Gasteiger partial charge in [0.15, 0.2) is 0 Å². The van der Waals surface area contributed by atoms with Crippen molar-refractivity contribution in [3.63, 3.8) is 0 Å². The standard InChI is InChI=1S/C16H22N2O4/c1-3-22-15(19)16(9-5-4-6-10-16)12-7-8-13(17-2)14(11-12)18(20)21/h7-8,11,17H,3-6,9-10H2,1-2H3. The van der Waals surface area contributed by atoms with E-state index in [-0.39, 0.29) is 11.7 Å². The molecule has 1 saturated carbocycles. The largest absolute Gasteiger partial charge is 0.465 e. The molecule has 120 valence electrons. The van der Waals surface area contributed by atoms with Crippen LogP contribution in [-0.4, -0.2) is 24.5 Å². The summed E-state index contributed by atoms with van der Waals surface area (Å²) in [5, 5.41) is 14.1. The molecule has 0 unspecified atom stereocenters. The number of hydrogen-bond donors (Lipinski definition) is 1. The number of nitro groups is 1. The fraction of sp³-hybridized carbons (Fsp3) is 0.562. The van der Waals surface area contributed by atoms with E-state index in [1.807, 2.05) is 0 Å². The van der Waals surface area contributed by atoms with E-state index in [4.69, 9.17) is 4.74 Å². The first-order chi connectivity index (χ1) is 10.5. The van der Waals surface area contributed by atoms with E-state index in [1.54, 1.807) is 26.1 Å². The number of esters is 1. The quantitative estimate of drug-likeness (QED) is 0.512. The molecule has 0 radical (unpaired) electrons. The van der Waals surface area contributed by atoms with E-state index < -0.39 is 10.3 Å². The monoisotopic (exact) mass is 306 g/mol. The Morgan fingerprint density at radius 1 is 1.36 bits per heavy atom. The van der Waals surface area contributed by atoms with Crippen LogP contribution in [0.5, 0.6) is 0 Å². The average Bonchev–Trinajstić information content (AvgIpc) is 2.55. The number of anilines is 1. The number of carbonyl (C=O) groups excluding carboxylic acids is 1. The molecule has 1 aliphatic carbocycles. The third-order valence-corrected chi connectivity index (χ3v) is 4.39. The van der Waals surface area contributed by atoms with E-state index in [0.29, 0.717) is 30.7 Å². The van der Waals surface area contributed by atoms with Gasteiger partial charge < -0.3 is 10.1 Å². The van der Waals surface area contributed by atoms with Crippen LogP contribution in [0.25, 0.3) is 0 Å². The molecule has 1 aromatic carbocycles. The topological polar surface area (TPSA) is 81.5 Å². The summed E-state index contributed by atoms with van der Waals surface area (Å²) in [7, 11) is 1.64. The average molecular weight is 306 g/mol. The van der Waals surface area contributed by atoms with Crippen LogP contribution in [0, 0.1) is 10.1 Å². The Hall–Kier alpha value is -2.11. The summed E-state index contributed by atoms with van der Waals surface area (Å²) in [6.07, 6.45) is 4.31. The van der Waals surface area contributed by atoms with Crippen LogP contribution in [0.15, 0.2) is 18.2 Å². The summed E-state index contributed by atoms with van der Waals surface area (Å²) in [6.45, 7) is 2.10. The number of carbonyl (C=O) groups is 1. The maximum absolute atomic E-state index is 12.5. The van der Waals surface area contributed by atoms with Crippen LogP contribution >= 0.6 is 0 Å². The van der Waals surface area contributed by atoms with Crippen LogP contribution in [0.3, 0.4) is 0 Å². The molecule has 1 N–H and O–H groups in total. The fourth-order valence-electron chi connectivity index (χ4n) is 3.23. The first kappa shape index (κ1) is 16.3. The number of nitro benzene ring substituents is 1. The molecule has 1 fully saturated rings. The second-order valence-electron chi connectivity index (χ2n) is 5.60. The number of benzene rings is 1. The predicted octanol–water partition coefficient (Wildman–Crippen LogP) is 3.40. The molecule has 0 amide bonds. The number of rotatable bonds is 5. The first-order valence-electron chi connectivity index (χ1n) is 7.69. The summed E-state index contributed by atoms with van der Waals surface area (Å²) in [5.41, 5.74) is 0.389. The van der Waals surface area contributed by atoms with Gasteiger partial charge in [0.05, 0.1) is 16.9 Å². The van der Waals surface area contributed by atoms with Crippen molar-refractivity contribution in [2.24, 2.45) is 0 Å². The molecule has 6 heteroatoms. The molecule has 1 aliphatic rings. The highest BCUT2D eigenvalue weighted by molar-refractivity contribution is 5.84. The van der Waals surface area contributed by atoms with Crippen molar-refractivity contribution in [1.29, 1.82) is 0 Å². The van der Waals surface area contributed by atoms with Gasteiger partial charge in [-0.05, 0) is 31.4 Å². The summed E-state index contributed by atoms with van der Waals surface area (Å²) >= 11 is 0. The van der Waals surface area contributed by atoms with Crippen LogP contribution in [0.1, 0.15) is 44.6 Å². The molecule has 0 saturated heterocycles. The Morgan fingerprint density at radius 3 is 2.59 bits per heavy atom. The van der Waals surface area contributed by atoms with Gasteiger partial charge in [-0.15, -0.1) is 0 Å². The van der Waals surface area contributed by atoms with E-state index in [9.17, 15) is 14.9 Å². The molecule has 0 heterocycles. The molecule has 0 atom stereocenters. The highest BCUT2D eigenvalue weighted by atomic mass is 16.6. The highest BCUT2D eigenvalue weighted by Gasteiger charge is 2.43. The molecule has 1 aromatic rings. The predicted molar refractivity (Wildman–Crippen MR) is 84.0 cm³/mol. The normalized spacial score (nSPS) is 16.8. The van der Waals surface area contributed by atoms with E-state index >= 15 is 0 Å². The molecular weight excluding hydrogens is 284 g/mol. The molecular formula is C16H22N2O4. The summed E-state index contributed by atoms with van der Waals surface area (Å²) in [4.78, 5) is 23.4. The maximum atomic E-state index is 12.5. The zero-order valence-corrected chi connectivity index (χ0v) is 13.1. The second kappa shape index (κ2) is 6.77. The molecule has 22 heavy (non-hydrogen) atoms. The van der Waals surface area contributed by atoms with Crippen LogP contribution in [0.2, 0.25) is 0 Å². The lowest BCUT2D eigenvalue weighted by molar-refractivity contribution is -0.384. The van der Waals surface area contributed by atoms with Crippen molar-refractivity contribution in [2.45, 2.75) is 44.4 Å². The highest BCUT2D eigenvalue weighted by Crippen LogP contribution is 2.42. The lowest BCUT2D eigenvalue weighted by atomic mass is 9.69. The number of hydrogen-bond acceptors (Lipinski definition) is 5. The minimum atomic E-state index is -0.745. The SMILES string of the molecule is CCOC(=O)C1(c2ccc(NC)c([N+](=O)[O-])c2)CCCCC1. The lowest BCUT2D eigenvalue weighted by Gasteiger charge is -2.35. The Kier molecular flexibility index (Phi) is 5.00. The lowest BCUT2D eigenvalue weighted by Crippen LogP contribution is -2.39. The summed E-state index contributed by atoms with van der Waals surface area (Å²) in [6, 6.07) is 5.00. The van der Waals surface area contributed by atoms with Gasteiger partial charge in [-0.1, -0.05) is 25.3 Å². The van der Waals surface area contributed by atoms with Gasteiger partial charge in [-0.25, -0.2) is 0 Å². The molecule has 0 spiro atoms. The van der Waals surface area contributed by atoms with E-state index in [2.05, 4.69) is 5.32 Å². The zero-order valence-electron chi connectivity index (χ0n) is 13.1. The van der Waals surface area contributed by atoms with Gasteiger partial charge in [-0.3, -0.25) is 14.9 Å². The van der Waals surface area contributed by atoms with Gasteiger partial charge in [0.1, 0.15) is 5.69 Å². The van der Waals surface area contributed by atoms with Gasteiger partial charge in [0, 0.05) is 13.1 Å². The van der Waals surface area contributed by atoms with Crippen molar-refractivity contribution in [2.75, 3.05) is 19.0 Å². The minimum Gasteiger partial charge on any atom is -0.465 e. The molecule has 0 aliphatic heterocycles. The number of nitrogens with one attached hydrogen (secondary N) is 1. The number of nitrogens with zero attached hydrogens (tertiary/aromatic N) is 1. The van der Waals surface area contributed by atoms with Crippen molar-refractivity contribution in [3.05, 3.63) is 33.9 Å². The first-order valence-corrected chi connectivity index (χ1v) is 7.69. The minimum absolute atomic E-state index is 0.00533.